The second-order valence-corrected chi connectivity index (χ2v) is 6.77. The standard InChI is InChI=1S/C14H20Cl2FN/c1-14(2,3)7-11(15)9-18-8-10-4-5-12(16)13(17)6-10/h4-6,11,18H,7-9H2,1-3H3. The molecule has 1 N–H and O–H groups in total. The first-order chi connectivity index (χ1) is 8.28. The Morgan fingerprint density at radius 2 is 2.00 bits per heavy atom. The number of rotatable bonds is 5. The van der Waals surface area contributed by atoms with Crippen LogP contribution < -0.4 is 5.32 Å². The second-order valence-electron chi connectivity index (χ2n) is 5.74. The Bertz CT molecular complexity index is 388. The summed E-state index contributed by atoms with van der Waals surface area (Å²) in [6.45, 7) is 7.80. The molecule has 1 unspecified atom stereocenters. The molecular weight excluding hydrogens is 272 g/mol. The van der Waals surface area contributed by atoms with Crippen LogP contribution in [0.5, 0.6) is 0 Å². The molecule has 18 heavy (non-hydrogen) atoms. The van der Waals surface area contributed by atoms with Crippen LogP contribution in [-0.4, -0.2) is 11.9 Å². The fourth-order valence-electron chi connectivity index (χ4n) is 1.76. The fraction of sp³-hybridized carbons (Fsp3) is 0.571. The third kappa shape index (κ3) is 6.03. The molecule has 1 atom stereocenters. The lowest BCUT2D eigenvalue weighted by molar-refractivity contribution is 0.364. The van der Waals surface area contributed by atoms with Crippen molar-refractivity contribution in [1.82, 2.24) is 5.32 Å². The minimum atomic E-state index is -0.381. The van der Waals surface area contributed by atoms with Crippen molar-refractivity contribution >= 4 is 23.2 Å². The predicted molar refractivity (Wildman–Crippen MR) is 76.8 cm³/mol. The van der Waals surface area contributed by atoms with Gasteiger partial charge < -0.3 is 5.32 Å². The van der Waals surface area contributed by atoms with E-state index in [1.807, 2.05) is 6.07 Å². The van der Waals surface area contributed by atoms with Gasteiger partial charge in [-0.1, -0.05) is 38.4 Å². The molecule has 1 aromatic rings. The molecule has 0 aliphatic rings. The highest BCUT2D eigenvalue weighted by Crippen LogP contribution is 2.23. The molecule has 0 radical (unpaired) electrons. The summed E-state index contributed by atoms with van der Waals surface area (Å²) in [5.41, 5.74) is 1.09. The Labute approximate surface area is 119 Å². The monoisotopic (exact) mass is 291 g/mol. The molecule has 0 aromatic heterocycles. The average molecular weight is 292 g/mol. The first-order valence-electron chi connectivity index (χ1n) is 6.06. The van der Waals surface area contributed by atoms with E-state index in [0.717, 1.165) is 12.0 Å². The van der Waals surface area contributed by atoms with Gasteiger partial charge in [-0.25, -0.2) is 4.39 Å². The second kappa shape index (κ2) is 6.74. The van der Waals surface area contributed by atoms with Crippen molar-refractivity contribution in [3.8, 4) is 0 Å². The van der Waals surface area contributed by atoms with Crippen LogP contribution in [-0.2, 0) is 6.54 Å². The molecule has 0 aliphatic heterocycles. The zero-order valence-corrected chi connectivity index (χ0v) is 12.6. The van der Waals surface area contributed by atoms with E-state index in [-0.39, 0.29) is 21.6 Å². The highest BCUT2D eigenvalue weighted by molar-refractivity contribution is 6.30. The van der Waals surface area contributed by atoms with Gasteiger partial charge >= 0.3 is 0 Å². The first kappa shape index (κ1) is 15.7. The summed E-state index contributed by atoms with van der Waals surface area (Å²) in [5.74, 6) is -0.381. The summed E-state index contributed by atoms with van der Waals surface area (Å²) in [7, 11) is 0. The molecule has 0 amide bonds. The zero-order valence-electron chi connectivity index (χ0n) is 11.1. The number of benzene rings is 1. The lowest BCUT2D eigenvalue weighted by Gasteiger charge is -2.22. The predicted octanol–water partition coefficient (Wildman–Crippen LogP) is 4.61. The summed E-state index contributed by atoms with van der Waals surface area (Å²) in [6, 6.07) is 4.83. The molecule has 1 rings (SSSR count). The van der Waals surface area contributed by atoms with Gasteiger partial charge in [0.2, 0.25) is 0 Å². The van der Waals surface area contributed by atoms with Crippen molar-refractivity contribution in [2.75, 3.05) is 6.54 Å². The van der Waals surface area contributed by atoms with Crippen LogP contribution in [0, 0.1) is 11.2 Å². The van der Waals surface area contributed by atoms with Crippen LogP contribution in [0.1, 0.15) is 32.8 Å². The number of hydrogen-bond donors (Lipinski definition) is 1. The van der Waals surface area contributed by atoms with Gasteiger partial charge in [0.05, 0.1) is 5.02 Å². The molecule has 0 bridgehead atoms. The van der Waals surface area contributed by atoms with Crippen molar-refractivity contribution in [2.45, 2.75) is 39.1 Å². The molecular formula is C14H20Cl2FN. The summed E-state index contributed by atoms with van der Waals surface area (Å²) < 4.78 is 13.2. The van der Waals surface area contributed by atoms with Gasteiger partial charge in [0.15, 0.2) is 0 Å². The molecule has 0 fully saturated rings. The largest absolute Gasteiger partial charge is 0.311 e. The minimum absolute atomic E-state index is 0.0853. The van der Waals surface area contributed by atoms with E-state index in [1.54, 1.807) is 6.07 Å². The van der Waals surface area contributed by atoms with Gasteiger partial charge in [-0.05, 0) is 29.5 Å². The van der Waals surface area contributed by atoms with Crippen molar-refractivity contribution in [3.05, 3.63) is 34.6 Å². The Morgan fingerprint density at radius 1 is 1.33 bits per heavy atom. The van der Waals surface area contributed by atoms with E-state index in [0.29, 0.717) is 13.1 Å². The average Bonchev–Trinajstić information content (AvgIpc) is 2.20. The molecule has 1 aromatic carbocycles. The molecule has 0 saturated heterocycles. The summed E-state index contributed by atoms with van der Waals surface area (Å²) >= 11 is 11.9. The minimum Gasteiger partial charge on any atom is -0.311 e. The van der Waals surface area contributed by atoms with Gasteiger partial charge in [-0.3, -0.25) is 0 Å². The van der Waals surface area contributed by atoms with Crippen molar-refractivity contribution in [3.63, 3.8) is 0 Å². The van der Waals surface area contributed by atoms with Crippen molar-refractivity contribution in [1.29, 1.82) is 0 Å². The third-order valence-electron chi connectivity index (χ3n) is 2.51. The van der Waals surface area contributed by atoms with E-state index in [4.69, 9.17) is 23.2 Å². The molecule has 102 valence electrons. The fourth-order valence-corrected chi connectivity index (χ4v) is 2.45. The van der Waals surface area contributed by atoms with Gasteiger partial charge in [-0.2, -0.15) is 0 Å². The lowest BCUT2D eigenvalue weighted by Crippen LogP contribution is -2.26. The van der Waals surface area contributed by atoms with E-state index < -0.39 is 0 Å². The molecule has 0 spiro atoms. The maximum absolute atomic E-state index is 13.2. The van der Waals surface area contributed by atoms with Gasteiger partial charge in [0.1, 0.15) is 5.82 Å². The smallest absolute Gasteiger partial charge is 0.142 e. The van der Waals surface area contributed by atoms with Crippen molar-refractivity contribution in [2.24, 2.45) is 5.41 Å². The number of nitrogens with one attached hydrogen (secondary N) is 1. The van der Waals surface area contributed by atoms with Gasteiger partial charge in [0, 0.05) is 18.5 Å². The topological polar surface area (TPSA) is 12.0 Å². The Balaban J connectivity index is 2.35. The molecule has 4 heteroatoms. The Kier molecular flexibility index (Phi) is 5.90. The summed E-state index contributed by atoms with van der Waals surface area (Å²) in [5, 5.41) is 3.47. The Hall–Kier alpha value is -0.310. The highest BCUT2D eigenvalue weighted by atomic mass is 35.5. The van der Waals surface area contributed by atoms with Crippen LogP contribution >= 0.6 is 23.2 Å². The molecule has 1 nitrogen and oxygen atoms in total. The number of halogens is 3. The molecule has 0 heterocycles. The van der Waals surface area contributed by atoms with Crippen LogP contribution in [0.25, 0.3) is 0 Å². The lowest BCUT2D eigenvalue weighted by atomic mass is 9.90. The molecule has 0 saturated carbocycles. The van der Waals surface area contributed by atoms with Crippen LogP contribution in [0.15, 0.2) is 18.2 Å². The highest BCUT2D eigenvalue weighted by Gasteiger charge is 2.16. The summed E-state index contributed by atoms with van der Waals surface area (Å²) in [4.78, 5) is 0. The third-order valence-corrected chi connectivity index (χ3v) is 3.13. The number of hydrogen-bond acceptors (Lipinski definition) is 1. The number of alkyl halides is 1. The first-order valence-corrected chi connectivity index (χ1v) is 6.88. The van der Waals surface area contributed by atoms with E-state index >= 15 is 0 Å². The maximum Gasteiger partial charge on any atom is 0.142 e. The van der Waals surface area contributed by atoms with E-state index in [2.05, 4.69) is 26.1 Å². The van der Waals surface area contributed by atoms with Crippen LogP contribution in [0.4, 0.5) is 4.39 Å². The van der Waals surface area contributed by atoms with E-state index in [1.165, 1.54) is 6.07 Å². The summed E-state index contributed by atoms with van der Waals surface area (Å²) in [6.07, 6.45) is 0.941. The molecule has 0 aliphatic carbocycles. The van der Waals surface area contributed by atoms with Crippen LogP contribution in [0.2, 0.25) is 5.02 Å². The van der Waals surface area contributed by atoms with E-state index in [9.17, 15) is 4.39 Å². The quantitative estimate of drug-likeness (QED) is 0.781. The zero-order chi connectivity index (χ0) is 13.8. The van der Waals surface area contributed by atoms with Gasteiger partial charge in [0.25, 0.3) is 0 Å². The van der Waals surface area contributed by atoms with Crippen LogP contribution in [0.3, 0.4) is 0 Å². The SMILES string of the molecule is CC(C)(C)CC(Cl)CNCc1ccc(Cl)c(F)c1. The maximum atomic E-state index is 13.2. The normalized spacial score (nSPS) is 13.7. The van der Waals surface area contributed by atoms with Crippen molar-refractivity contribution < 1.29 is 4.39 Å². The Morgan fingerprint density at radius 3 is 2.56 bits per heavy atom. The van der Waals surface area contributed by atoms with Gasteiger partial charge in [-0.15, -0.1) is 11.6 Å².